The summed E-state index contributed by atoms with van der Waals surface area (Å²) in [7, 11) is -10.9. The van der Waals surface area contributed by atoms with Crippen LogP contribution in [0.2, 0.25) is 0 Å². The number of carbonyl (C=O) groups is 3. The van der Waals surface area contributed by atoms with Gasteiger partial charge in [-0.3, -0.25) is 13.9 Å². The van der Waals surface area contributed by atoms with Gasteiger partial charge in [0.25, 0.3) is 5.91 Å². The minimum absolute atomic E-state index is 0.00486. The van der Waals surface area contributed by atoms with Crippen LogP contribution < -0.4 is 41.2 Å². The number of nitrogens with two attached hydrogens (primary N) is 1. The summed E-state index contributed by atoms with van der Waals surface area (Å²) in [4.78, 5) is 82.8. The molecule has 3 aromatic carbocycles. The fraction of sp³-hybridized carbons (Fsp3) is 0.380. The monoisotopic (exact) mass is 1090 g/mol. The number of nitrogens with zero attached hydrogens (tertiary/aromatic N) is 6. The van der Waals surface area contributed by atoms with Crippen molar-refractivity contribution >= 4 is 73.0 Å². The third-order valence-electron chi connectivity index (χ3n) is 13.8. The van der Waals surface area contributed by atoms with E-state index >= 15 is 0 Å². The topological polar surface area (TPSA) is 333 Å². The average molecular weight is 1090 g/mol. The van der Waals surface area contributed by atoms with Crippen LogP contribution in [0.15, 0.2) is 67.3 Å². The van der Waals surface area contributed by atoms with Crippen molar-refractivity contribution in [2.45, 2.75) is 91.0 Å². The van der Waals surface area contributed by atoms with Crippen molar-refractivity contribution in [1.82, 2.24) is 34.7 Å². The zero-order valence-electron chi connectivity index (χ0n) is 42.7. The van der Waals surface area contributed by atoms with Crippen molar-refractivity contribution in [2.24, 2.45) is 0 Å². The van der Waals surface area contributed by atoms with Crippen molar-refractivity contribution in [3.05, 3.63) is 111 Å². The van der Waals surface area contributed by atoms with Gasteiger partial charge in [-0.25, -0.2) is 38.2 Å². The van der Waals surface area contributed by atoms with E-state index in [1.165, 1.54) is 23.0 Å². The lowest BCUT2D eigenvalue weighted by molar-refractivity contribution is -0.0508. The lowest BCUT2D eigenvalue weighted by Crippen LogP contribution is -2.49. The Bertz CT molecular complexity index is 3550. The molecule has 2 aromatic heterocycles. The maximum atomic E-state index is 13.7. The van der Waals surface area contributed by atoms with Gasteiger partial charge in [-0.2, -0.15) is 4.31 Å². The summed E-state index contributed by atoms with van der Waals surface area (Å²) in [6, 6.07) is 12.6. The van der Waals surface area contributed by atoms with Gasteiger partial charge in [0, 0.05) is 78.3 Å². The summed E-state index contributed by atoms with van der Waals surface area (Å²) in [5.74, 6) is -0.853. The number of nitrogen functional groups attached to an aromatic ring is 1. The second kappa shape index (κ2) is 19.9. The van der Waals surface area contributed by atoms with Gasteiger partial charge in [0.1, 0.15) is 42.1 Å². The minimum Gasteiger partial charge on any atom is -0.478 e. The number of ether oxygens (including phenoxy) is 3. The summed E-state index contributed by atoms with van der Waals surface area (Å²) in [5, 5.41) is 29.1. The molecule has 6 heterocycles. The van der Waals surface area contributed by atoms with E-state index in [9.17, 15) is 38.6 Å². The summed E-state index contributed by atoms with van der Waals surface area (Å²) >= 11 is 0. The zero-order valence-corrected chi connectivity index (χ0v) is 44.5. The number of carboxylic acids is 1. The number of rotatable bonds is 15. The second-order valence-electron chi connectivity index (χ2n) is 19.8. The van der Waals surface area contributed by atoms with Crippen LogP contribution in [0.1, 0.15) is 105 Å². The normalized spacial score (nSPS) is 21.0. The van der Waals surface area contributed by atoms with E-state index < -0.39 is 64.8 Å². The first kappa shape index (κ1) is 54.0. The summed E-state index contributed by atoms with van der Waals surface area (Å²) < 4.78 is 53.9. The molecule has 0 bridgehead atoms. The third-order valence-corrected chi connectivity index (χ3v) is 16.0. The first-order valence-electron chi connectivity index (χ1n) is 24.2. The molecule has 0 radical (unpaired) electrons. The molecule has 1 fully saturated rings. The number of aromatic nitrogens is 4. The quantitative estimate of drug-likeness (QED) is 0.0406. The molecule has 5 aromatic rings. The molecule has 1 unspecified atom stereocenters. The zero-order chi connectivity index (χ0) is 55.0. The molecule has 9 rings (SSSR count). The molecule has 0 aliphatic carbocycles. The van der Waals surface area contributed by atoms with Crippen molar-refractivity contribution in [2.75, 3.05) is 43.4 Å². The number of carboxylic acid groups (broad SMARTS) is 1. The van der Waals surface area contributed by atoms with Crippen molar-refractivity contribution in [1.29, 1.82) is 0 Å². The highest BCUT2D eigenvalue weighted by molar-refractivity contribution is 7.60. The molecule has 1 saturated heterocycles. The van der Waals surface area contributed by atoms with Crippen molar-refractivity contribution < 1.29 is 71.5 Å². The molecule has 0 spiro atoms. The Morgan fingerprint density at radius 2 is 1.62 bits per heavy atom. The van der Waals surface area contributed by atoms with Crippen LogP contribution >= 0.6 is 15.6 Å². The summed E-state index contributed by atoms with van der Waals surface area (Å²) in [5.41, 5.74) is 12.1. The number of phosphoric acid groups is 2. The Hall–Kier alpha value is -6.85. The van der Waals surface area contributed by atoms with E-state index in [2.05, 4.69) is 119 Å². The number of fused-ring (bicyclic) bond motifs is 5. The number of carbonyl (C=O) groups excluding carboxylic acids is 2. The first-order valence-corrected chi connectivity index (χ1v) is 27.2. The number of likely N-dealkylation sites (N-methyl/N-ethyl adjacent to an activating group) is 2. The molecule has 0 saturated carbocycles. The molecule has 24 nitrogen and oxygen atoms in total. The summed E-state index contributed by atoms with van der Waals surface area (Å²) in [6.07, 6.45) is -0.800. The number of phosphoric ester groups is 1. The number of amides is 2. The Balaban J connectivity index is 0.973. The molecular weight excluding hydrogens is 1030 g/mol. The number of alkyl carbamates (subject to hydrolysis) is 1. The number of aliphatic hydroxyl groups excluding tert-OH is 1. The van der Waals surface area contributed by atoms with Crippen LogP contribution in [0.5, 0.6) is 11.5 Å². The molecule has 5 atom stereocenters. The largest absolute Gasteiger partial charge is 0.481 e. The van der Waals surface area contributed by atoms with Crippen molar-refractivity contribution in [3.63, 3.8) is 0 Å². The average Bonchev–Trinajstić information content (AvgIpc) is 3.95. The predicted octanol–water partition coefficient (Wildman–Crippen LogP) is 4.20. The molecule has 402 valence electrons. The Morgan fingerprint density at radius 1 is 0.895 bits per heavy atom. The number of nitrogens with one attached hydrogen (secondary N) is 2. The van der Waals surface area contributed by atoms with E-state index in [-0.39, 0.29) is 52.3 Å². The van der Waals surface area contributed by atoms with Crippen LogP contribution in [0.4, 0.5) is 16.3 Å². The Kier molecular flexibility index (Phi) is 14.2. The van der Waals surface area contributed by atoms with Crippen LogP contribution in [0.25, 0.3) is 27.9 Å². The molecule has 4 aliphatic rings. The van der Waals surface area contributed by atoms with Gasteiger partial charge >= 0.3 is 27.7 Å². The van der Waals surface area contributed by atoms with Gasteiger partial charge in [0.2, 0.25) is 5.36 Å². The SMILES string of the molecule is CCN1c2cc3c(cc2C(C)=CC1(C)C)C(c1ccc(C(=O)NCCNC(=O)O[C@H]2[C@@H](O)[C@H](n4cnc5c(N)ncnc54)O[C@@H]2COP(=O)(O)OP(=O)(O)O)cc1C(=O)O)=c1cc2c(cc1O3)=[N+](CC)C(C)(C)C=C2C. The fourth-order valence-electron chi connectivity index (χ4n) is 10.8. The predicted molar refractivity (Wildman–Crippen MR) is 277 cm³/mol. The second-order valence-corrected chi connectivity index (χ2v) is 22.6. The van der Waals surface area contributed by atoms with Crippen LogP contribution in [0, 0.1) is 0 Å². The molecule has 76 heavy (non-hydrogen) atoms. The highest BCUT2D eigenvalue weighted by Crippen LogP contribution is 2.58. The number of imidazole rings is 1. The van der Waals surface area contributed by atoms with Crippen LogP contribution in [-0.2, 0) is 27.4 Å². The number of aliphatic hydroxyl groups is 1. The maximum Gasteiger partial charge on any atom is 0.481 e. The number of hydrogen-bond acceptors (Lipinski definition) is 16. The number of allylic oxidation sites excluding steroid dienone is 2. The number of benzene rings is 3. The van der Waals surface area contributed by atoms with E-state index in [4.69, 9.17) is 34.3 Å². The lowest BCUT2D eigenvalue weighted by atomic mass is 9.83. The van der Waals surface area contributed by atoms with Gasteiger partial charge in [-0.05, 0) is 88.6 Å². The standard InChI is InChI=1S/C50H57N9O15P2/c1-9-58-34-18-36-32(16-29(34)25(3)20-49(58,5)6)39(33-17-30-26(4)21-50(7,8)59(10-2)35(30)19-37(33)71-36)28-12-11-27(15-31(28)47(62)63)45(61)52-13-14-53-48(64)73-42-38(22-70-76(68,69)74-75(65,66)67)72-46(41(42)60)57-24-56-40-43(51)54-23-55-44(40)57/h11-12,15-21,23-24,38,41-42,46,60H,9-10,13-14,22H2,1-8H3,(H7-,51,52,53,54,55,61,62,63,64,65,66,67,68,69)/p+1/t38-,41-,42-,46-/m1/s1. The van der Waals surface area contributed by atoms with Gasteiger partial charge < -0.3 is 60.4 Å². The third kappa shape index (κ3) is 10.1. The van der Waals surface area contributed by atoms with E-state index in [1.807, 2.05) is 12.1 Å². The first-order chi connectivity index (χ1) is 35.7. The number of anilines is 2. The molecule has 2 amide bonds. The molecule has 26 heteroatoms. The van der Waals surface area contributed by atoms with Crippen LogP contribution in [0.3, 0.4) is 0 Å². The fourth-order valence-corrected chi connectivity index (χ4v) is 12.4. The van der Waals surface area contributed by atoms with E-state index in [0.29, 0.717) is 33.4 Å². The number of hydrogen-bond donors (Lipinski definition) is 8. The van der Waals surface area contributed by atoms with E-state index in [1.54, 1.807) is 6.07 Å². The van der Waals surface area contributed by atoms with Gasteiger partial charge in [-0.1, -0.05) is 12.1 Å². The maximum absolute atomic E-state index is 13.7. The Morgan fingerprint density at radius 3 is 2.32 bits per heavy atom. The van der Waals surface area contributed by atoms with Gasteiger partial charge in [0.05, 0.1) is 30.1 Å². The summed E-state index contributed by atoms with van der Waals surface area (Å²) in [6.45, 7) is 16.9. The minimum atomic E-state index is -5.51. The lowest BCUT2D eigenvalue weighted by Gasteiger charge is -2.43. The van der Waals surface area contributed by atoms with E-state index in [0.717, 1.165) is 52.7 Å². The molecule has 4 aliphatic heterocycles. The van der Waals surface area contributed by atoms with Gasteiger partial charge in [-0.15, -0.1) is 0 Å². The van der Waals surface area contributed by atoms with Crippen molar-refractivity contribution in [3.8, 4) is 11.5 Å². The van der Waals surface area contributed by atoms with Gasteiger partial charge in [0.15, 0.2) is 29.3 Å². The number of aromatic carboxylic acids is 1. The molecule has 9 N–H and O–H groups in total. The molecular formula is C50H58N9O15P2+. The Labute approximate surface area is 435 Å². The van der Waals surface area contributed by atoms with Crippen LogP contribution in [-0.4, -0.2) is 125 Å². The highest BCUT2D eigenvalue weighted by atomic mass is 31.3. The highest BCUT2D eigenvalue weighted by Gasteiger charge is 2.49. The smallest absolute Gasteiger partial charge is 0.478 e.